The number of carbonyl (C=O) groups is 2. The van der Waals surface area contributed by atoms with E-state index >= 15 is 0 Å². The third-order valence-electron chi connectivity index (χ3n) is 3.44. The fourth-order valence-corrected chi connectivity index (χ4v) is 2.24. The topological polar surface area (TPSA) is 64.4 Å². The predicted molar refractivity (Wildman–Crippen MR) is 78.8 cm³/mol. The number of piperazine rings is 1. The number of hydrogen-bond acceptors (Lipinski definition) is 3. The van der Waals surface area contributed by atoms with Crippen LogP contribution in [-0.4, -0.2) is 47.8 Å². The first-order valence-electron chi connectivity index (χ1n) is 6.97. The predicted octanol–water partition coefficient (Wildman–Crippen LogP) is 1.42. The summed E-state index contributed by atoms with van der Waals surface area (Å²) in [5.74, 6) is -0.722. The third-order valence-corrected chi connectivity index (χ3v) is 3.44. The summed E-state index contributed by atoms with van der Waals surface area (Å²) in [4.78, 5) is 26.8. The Morgan fingerprint density at radius 3 is 2.55 bits per heavy atom. The molecule has 1 aliphatic rings. The molecule has 1 aromatic rings. The molecule has 22 heavy (non-hydrogen) atoms. The number of nitriles is 1. The number of hydrogen-bond donors (Lipinski definition) is 0. The second-order valence-corrected chi connectivity index (χ2v) is 4.93. The van der Waals surface area contributed by atoms with E-state index in [0.29, 0.717) is 31.7 Å². The van der Waals surface area contributed by atoms with Crippen molar-refractivity contribution in [2.24, 2.45) is 0 Å². The van der Waals surface area contributed by atoms with Crippen molar-refractivity contribution in [2.45, 2.75) is 6.42 Å². The summed E-state index contributed by atoms with van der Waals surface area (Å²) in [5, 5.41) is 8.51. The van der Waals surface area contributed by atoms with Gasteiger partial charge in [0, 0.05) is 32.3 Å². The molecule has 1 fully saturated rings. The zero-order chi connectivity index (χ0) is 15.9. The summed E-state index contributed by atoms with van der Waals surface area (Å²) in [7, 11) is 0. The van der Waals surface area contributed by atoms with Crippen LogP contribution in [0.4, 0.5) is 4.39 Å². The third kappa shape index (κ3) is 4.16. The zero-order valence-electron chi connectivity index (χ0n) is 12.0. The maximum absolute atomic E-state index is 13.0. The largest absolute Gasteiger partial charge is 0.338 e. The van der Waals surface area contributed by atoms with Crippen LogP contribution in [0.5, 0.6) is 0 Å². The van der Waals surface area contributed by atoms with E-state index in [4.69, 9.17) is 5.26 Å². The zero-order valence-corrected chi connectivity index (χ0v) is 12.0. The highest BCUT2D eigenvalue weighted by Crippen LogP contribution is 2.08. The summed E-state index contributed by atoms with van der Waals surface area (Å²) in [6.07, 6.45) is 2.84. The fraction of sp³-hybridized carbons (Fsp3) is 0.312. The first-order valence-corrected chi connectivity index (χ1v) is 6.97. The lowest BCUT2D eigenvalue weighted by Crippen LogP contribution is -2.50. The molecule has 0 atom stereocenters. The molecule has 0 bridgehead atoms. The SMILES string of the molecule is N#CCC(=O)N1CCN(C(=O)/C=C/c2cccc(F)c2)CC1. The molecule has 0 aliphatic carbocycles. The van der Waals surface area contributed by atoms with Gasteiger partial charge in [0.05, 0.1) is 6.07 Å². The van der Waals surface area contributed by atoms with E-state index in [1.165, 1.54) is 18.2 Å². The van der Waals surface area contributed by atoms with Crippen molar-refractivity contribution >= 4 is 17.9 Å². The first kappa shape index (κ1) is 15.7. The van der Waals surface area contributed by atoms with E-state index in [0.717, 1.165) is 0 Å². The van der Waals surface area contributed by atoms with Crippen LogP contribution in [0.2, 0.25) is 0 Å². The monoisotopic (exact) mass is 301 g/mol. The standard InChI is InChI=1S/C16H16FN3O2/c17-14-3-1-2-13(12-14)4-5-15(21)19-8-10-20(11-9-19)16(22)6-7-18/h1-5,12H,6,8-11H2/b5-4+. The Hall–Kier alpha value is -2.68. The van der Waals surface area contributed by atoms with E-state index in [1.54, 1.807) is 28.0 Å². The van der Waals surface area contributed by atoms with E-state index in [1.807, 2.05) is 6.07 Å². The van der Waals surface area contributed by atoms with Gasteiger partial charge < -0.3 is 9.80 Å². The molecule has 1 saturated heterocycles. The van der Waals surface area contributed by atoms with Crippen molar-refractivity contribution in [1.29, 1.82) is 5.26 Å². The molecule has 114 valence electrons. The normalized spacial score (nSPS) is 14.9. The lowest BCUT2D eigenvalue weighted by molar-refractivity contribution is -0.136. The number of rotatable bonds is 3. The van der Waals surface area contributed by atoms with Crippen molar-refractivity contribution in [3.8, 4) is 6.07 Å². The highest BCUT2D eigenvalue weighted by molar-refractivity contribution is 5.92. The van der Waals surface area contributed by atoms with Crippen LogP contribution in [0.3, 0.4) is 0 Å². The van der Waals surface area contributed by atoms with Gasteiger partial charge in [-0.2, -0.15) is 5.26 Å². The second kappa shape index (κ2) is 7.36. The van der Waals surface area contributed by atoms with E-state index in [-0.39, 0.29) is 24.1 Å². The summed E-state index contributed by atoms with van der Waals surface area (Å²) in [5.41, 5.74) is 0.621. The minimum atomic E-state index is -0.348. The quantitative estimate of drug-likeness (QED) is 0.793. The van der Waals surface area contributed by atoms with Crippen LogP contribution in [0.25, 0.3) is 6.08 Å². The Kier molecular flexibility index (Phi) is 5.26. The molecule has 0 radical (unpaired) electrons. The lowest BCUT2D eigenvalue weighted by Gasteiger charge is -2.33. The van der Waals surface area contributed by atoms with Gasteiger partial charge in [-0.25, -0.2) is 4.39 Å². The van der Waals surface area contributed by atoms with Gasteiger partial charge in [-0.3, -0.25) is 9.59 Å². The first-order chi connectivity index (χ1) is 10.6. The molecule has 0 N–H and O–H groups in total. The smallest absolute Gasteiger partial charge is 0.246 e. The molecule has 0 spiro atoms. The van der Waals surface area contributed by atoms with Crippen molar-refractivity contribution in [2.75, 3.05) is 26.2 Å². The Bertz CT molecular complexity index is 629. The molecule has 0 saturated carbocycles. The Morgan fingerprint density at radius 2 is 1.91 bits per heavy atom. The maximum Gasteiger partial charge on any atom is 0.246 e. The van der Waals surface area contributed by atoms with Crippen molar-refractivity contribution in [3.63, 3.8) is 0 Å². The van der Waals surface area contributed by atoms with Crippen molar-refractivity contribution in [3.05, 3.63) is 41.7 Å². The molecule has 1 aromatic carbocycles. The van der Waals surface area contributed by atoms with Gasteiger partial charge in [0.15, 0.2) is 0 Å². The Labute approximate surface area is 128 Å². The van der Waals surface area contributed by atoms with Gasteiger partial charge in [-0.15, -0.1) is 0 Å². The Balaban J connectivity index is 1.87. The van der Waals surface area contributed by atoms with E-state index in [2.05, 4.69) is 0 Å². The van der Waals surface area contributed by atoms with Crippen LogP contribution in [0, 0.1) is 17.1 Å². The van der Waals surface area contributed by atoms with Crippen LogP contribution in [-0.2, 0) is 9.59 Å². The number of halogens is 1. The van der Waals surface area contributed by atoms with Gasteiger partial charge in [-0.1, -0.05) is 12.1 Å². The Morgan fingerprint density at radius 1 is 1.23 bits per heavy atom. The highest BCUT2D eigenvalue weighted by atomic mass is 19.1. The number of nitrogens with zero attached hydrogens (tertiary/aromatic N) is 3. The highest BCUT2D eigenvalue weighted by Gasteiger charge is 2.22. The maximum atomic E-state index is 13.0. The molecular weight excluding hydrogens is 285 g/mol. The second-order valence-electron chi connectivity index (χ2n) is 4.93. The number of benzene rings is 1. The lowest BCUT2D eigenvalue weighted by atomic mass is 10.2. The van der Waals surface area contributed by atoms with Gasteiger partial charge in [-0.05, 0) is 23.8 Å². The summed E-state index contributed by atoms with van der Waals surface area (Å²) in [6, 6.07) is 7.82. The van der Waals surface area contributed by atoms with Gasteiger partial charge in [0.1, 0.15) is 12.2 Å². The van der Waals surface area contributed by atoms with Crippen LogP contribution < -0.4 is 0 Å². The van der Waals surface area contributed by atoms with Crippen molar-refractivity contribution in [1.82, 2.24) is 9.80 Å². The van der Waals surface area contributed by atoms with Gasteiger partial charge in [0.25, 0.3) is 0 Å². The molecule has 0 unspecified atom stereocenters. The molecule has 1 aliphatic heterocycles. The minimum absolute atomic E-state index is 0.132. The van der Waals surface area contributed by atoms with Crippen molar-refractivity contribution < 1.29 is 14.0 Å². The van der Waals surface area contributed by atoms with Crippen LogP contribution in [0.15, 0.2) is 30.3 Å². The molecule has 2 amide bonds. The average molecular weight is 301 g/mol. The summed E-state index contributed by atoms with van der Waals surface area (Å²) >= 11 is 0. The number of amides is 2. The number of carbonyl (C=O) groups excluding carboxylic acids is 2. The molecule has 6 heteroatoms. The minimum Gasteiger partial charge on any atom is -0.338 e. The van der Waals surface area contributed by atoms with Gasteiger partial charge in [0.2, 0.25) is 11.8 Å². The molecule has 2 rings (SSSR count). The average Bonchev–Trinajstić information content (AvgIpc) is 2.53. The molecule has 0 aromatic heterocycles. The molecule has 5 nitrogen and oxygen atoms in total. The van der Waals surface area contributed by atoms with E-state index in [9.17, 15) is 14.0 Å². The summed E-state index contributed by atoms with van der Waals surface area (Å²) < 4.78 is 13.0. The van der Waals surface area contributed by atoms with E-state index < -0.39 is 0 Å². The fourth-order valence-electron chi connectivity index (χ4n) is 2.24. The summed E-state index contributed by atoms with van der Waals surface area (Å²) in [6.45, 7) is 1.73. The molecule has 1 heterocycles. The van der Waals surface area contributed by atoms with Crippen LogP contribution >= 0.6 is 0 Å². The van der Waals surface area contributed by atoms with Crippen LogP contribution in [0.1, 0.15) is 12.0 Å². The molecular formula is C16H16FN3O2. The van der Waals surface area contributed by atoms with Gasteiger partial charge >= 0.3 is 0 Å².